The van der Waals surface area contributed by atoms with Gasteiger partial charge in [-0.2, -0.15) is 0 Å². The number of hydrogen-bond donors (Lipinski definition) is 0. The lowest BCUT2D eigenvalue weighted by molar-refractivity contribution is 0.813. The summed E-state index contributed by atoms with van der Waals surface area (Å²) in [5.74, 6) is 0.979. The van der Waals surface area contributed by atoms with E-state index in [9.17, 15) is 0 Å². The van der Waals surface area contributed by atoms with E-state index in [0.717, 1.165) is 30.8 Å². The van der Waals surface area contributed by atoms with Crippen LogP contribution in [0.5, 0.6) is 0 Å². The molecule has 2 nitrogen and oxygen atoms in total. The van der Waals surface area contributed by atoms with Gasteiger partial charge < -0.3 is 0 Å². The minimum atomic E-state index is 0.979. The van der Waals surface area contributed by atoms with Gasteiger partial charge in [0.05, 0.1) is 0 Å². The fourth-order valence-corrected chi connectivity index (χ4v) is 0.982. The second kappa shape index (κ2) is 20.5. The van der Waals surface area contributed by atoms with Crippen molar-refractivity contribution in [2.45, 2.75) is 74.7 Å². The Morgan fingerprint density at radius 3 is 1.88 bits per heavy atom. The fourth-order valence-electron chi connectivity index (χ4n) is 0.982. The molecule has 0 aliphatic heterocycles. The van der Waals surface area contributed by atoms with Gasteiger partial charge >= 0.3 is 0 Å². The number of nitrogens with zero attached hydrogens (tertiary/aromatic N) is 2. The van der Waals surface area contributed by atoms with E-state index in [-0.39, 0.29) is 0 Å². The Kier molecular flexibility index (Phi) is 25.8. The van der Waals surface area contributed by atoms with Gasteiger partial charge in [0.15, 0.2) is 0 Å². The van der Waals surface area contributed by atoms with Crippen molar-refractivity contribution in [3.8, 4) is 0 Å². The lowest BCUT2D eigenvalue weighted by Crippen LogP contribution is -1.96. The summed E-state index contributed by atoms with van der Waals surface area (Å²) in [6, 6.07) is 1.97. The molecule has 0 aliphatic rings. The first-order valence-corrected chi connectivity index (χ1v) is 7.17. The van der Waals surface area contributed by atoms with Crippen LogP contribution in [0.15, 0.2) is 12.3 Å². The van der Waals surface area contributed by atoms with Gasteiger partial charge in [0.2, 0.25) is 0 Å². The predicted octanol–water partition coefficient (Wildman–Crippen LogP) is 5.07. The van der Waals surface area contributed by atoms with Crippen LogP contribution in [0, 0.1) is 0 Å². The van der Waals surface area contributed by atoms with E-state index in [0.29, 0.717) is 0 Å². The van der Waals surface area contributed by atoms with Crippen LogP contribution in [0.1, 0.15) is 73.3 Å². The summed E-state index contributed by atoms with van der Waals surface area (Å²) in [5.41, 5.74) is 1.14. The van der Waals surface area contributed by atoms with Crippen LogP contribution in [-0.2, 0) is 12.8 Å². The Bertz CT molecular complexity index is 222. The van der Waals surface area contributed by atoms with Crippen LogP contribution < -0.4 is 0 Å². The largest absolute Gasteiger partial charge is 0.241 e. The van der Waals surface area contributed by atoms with E-state index >= 15 is 0 Å². The van der Waals surface area contributed by atoms with Gasteiger partial charge in [-0.3, -0.25) is 0 Å². The second-order valence-electron chi connectivity index (χ2n) is 2.57. The second-order valence-corrected chi connectivity index (χ2v) is 2.57. The smallest absolute Gasteiger partial charge is 0.128 e. The molecule has 2 heteroatoms. The molecule has 1 aromatic heterocycles. The molecule has 1 heterocycles. The molecule has 0 aliphatic carbocycles. The third kappa shape index (κ3) is 13.0. The van der Waals surface area contributed by atoms with Gasteiger partial charge in [-0.1, -0.05) is 55.4 Å². The zero-order chi connectivity index (χ0) is 14.1. The minimum absolute atomic E-state index is 0.979. The minimum Gasteiger partial charge on any atom is -0.241 e. The Morgan fingerprint density at radius 2 is 1.47 bits per heavy atom. The van der Waals surface area contributed by atoms with E-state index in [1.54, 1.807) is 0 Å². The van der Waals surface area contributed by atoms with Crippen molar-refractivity contribution in [1.29, 1.82) is 0 Å². The first-order chi connectivity index (χ1) is 8.36. The SMILES string of the molecule is CC.CC.CC.CCCc1nccc(CC)n1. The van der Waals surface area contributed by atoms with Crippen molar-refractivity contribution >= 4 is 0 Å². The molecule has 0 saturated carbocycles. The van der Waals surface area contributed by atoms with E-state index in [1.807, 2.05) is 53.8 Å². The van der Waals surface area contributed by atoms with Crippen LogP contribution in [0.4, 0.5) is 0 Å². The highest BCUT2D eigenvalue weighted by Gasteiger charge is 1.94. The van der Waals surface area contributed by atoms with Crippen molar-refractivity contribution < 1.29 is 0 Å². The summed E-state index contributed by atoms with van der Waals surface area (Å²) in [6.45, 7) is 16.3. The van der Waals surface area contributed by atoms with Crippen LogP contribution in [-0.4, -0.2) is 9.97 Å². The summed E-state index contributed by atoms with van der Waals surface area (Å²) in [5, 5.41) is 0. The highest BCUT2D eigenvalue weighted by Crippen LogP contribution is 1.98. The quantitative estimate of drug-likeness (QED) is 0.737. The lowest BCUT2D eigenvalue weighted by atomic mass is 10.3. The molecule has 0 spiro atoms. The zero-order valence-electron chi connectivity index (χ0n) is 13.2. The first-order valence-electron chi connectivity index (χ1n) is 7.17. The lowest BCUT2D eigenvalue weighted by Gasteiger charge is -1.98. The summed E-state index contributed by atoms with van der Waals surface area (Å²) in [4.78, 5) is 8.54. The maximum atomic E-state index is 4.37. The number of aromatic nitrogens is 2. The number of aryl methyl sites for hydroxylation is 2. The highest BCUT2D eigenvalue weighted by molar-refractivity contribution is 5.01. The van der Waals surface area contributed by atoms with Crippen LogP contribution in [0.3, 0.4) is 0 Å². The molecule has 1 rings (SSSR count). The molecule has 0 bridgehead atoms. The average Bonchev–Trinajstić information content (AvgIpc) is 2.46. The van der Waals surface area contributed by atoms with E-state index in [4.69, 9.17) is 0 Å². The van der Waals surface area contributed by atoms with Crippen molar-refractivity contribution in [2.24, 2.45) is 0 Å². The predicted molar refractivity (Wildman–Crippen MR) is 79.4 cm³/mol. The molecule has 0 radical (unpaired) electrons. The Morgan fingerprint density at radius 1 is 0.941 bits per heavy atom. The van der Waals surface area contributed by atoms with Crippen LogP contribution in [0.2, 0.25) is 0 Å². The highest BCUT2D eigenvalue weighted by atomic mass is 14.9. The van der Waals surface area contributed by atoms with Gasteiger partial charge in [-0.05, 0) is 18.9 Å². The van der Waals surface area contributed by atoms with Crippen molar-refractivity contribution in [2.75, 3.05) is 0 Å². The molecule has 0 amide bonds. The molecular weight excluding hydrogens is 208 g/mol. The van der Waals surface area contributed by atoms with E-state index in [1.165, 1.54) is 0 Å². The molecule has 0 atom stereocenters. The van der Waals surface area contributed by atoms with Gasteiger partial charge in [0.25, 0.3) is 0 Å². The van der Waals surface area contributed by atoms with Gasteiger partial charge in [-0.15, -0.1) is 0 Å². The van der Waals surface area contributed by atoms with Crippen LogP contribution in [0.25, 0.3) is 0 Å². The maximum absolute atomic E-state index is 4.37. The normalized spacial score (nSPS) is 7.53. The molecule has 17 heavy (non-hydrogen) atoms. The monoisotopic (exact) mass is 240 g/mol. The van der Waals surface area contributed by atoms with Gasteiger partial charge in [-0.25, -0.2) is 9.97 Å². The summed E-state index contributed by atoms with van der Waals surface area (Å²) in [7, 11) is 0. The molecule has 0 aromatic carbocycles. The molecule has 102 valence electrons. The molecule has 0 saturated heterocycles. The standard InChI is InChI=1S/C9H14N2.3C2H6/c1-3-5-9-10-7-6-8(4-2)11-9;3*1-2/h6-7H,3-5H2,1-2H3;3*1-2H3. The molecular formula is C15H32N2. The Labute approximate surface area is 109 Å². The number of hydrogen-bond acceptors (Lipinski definition) is 2. The summed E-state index contributed by atoms with van der Waals surface area (Å²) >= 11 is 0. The van der Waals surface area contributed by atoms with Crippen molar-refractivity contribution in [1.82, 2.24) is 9.97 Å². The third-order valence-corrected chi connectivity index (χ3v) is 1.60. The Hall–Kier alpha value is -0.920. The molecule has 1 aromatic rings. The first kappa shape index (κ1) is 21.4. The summed E-state index contributed by atoms with van der Waals surface area (Å²) in [6.07, 6.45) is 4.96. The van der Waals surface area contributed by atoms with Gasteiger partial charge in [0, 0.05) is 18.3 Å². The third-order valence-electron chi connectivity index (χ3n) is 1.60. The average molecular weight is 240 g/mol. The molecule has 0 fully saturated rings. The number of rotatable bonds is 3. The van der Waals surface area contributed by atoms with E-state index in [2.05, 4.69) is 23.8 Å². The van der Waals surface area contributed by atoms with Crippen LogP contribution >= 0.6 is 0 Å². The topological polar surface area (TPSA) is 25.8 Å². The Balaban J connectivity index is -0.000000285. The molecule has 0 N–H and O–H groups in total. The maximum Gasteiger partial charge on any atom is 0.128 e. The fraction of sp³-hybridized carbons (Fsp3) is 0.733. The summed E-state index contributed by atoms with van der Waals surface area (Å²) < 4.78 is 0. The van der Waals surface area contributed by atoms with Gasteiger partial charge in [0.1, 0.15) is 5.82 Å². The van der Waals surface area contributed by atoms with Crippen molar-refractivity contribution in [3.63, 3.8) is 0 Å². The van der Waals surface area contributed by atoms with E-state index < -0.39 is 0 Å². The zero-order valence-corrected chi connectivity index (χ0v) is 13.2. The molecule has 0 unspecified atom stereocenters. The van der Waals surface area contributed by atoms with Crippen molar-refractivity contribution in [3.05, 3.63) is 23.8 Å².